The number of amides is 1. The molecule has 1 amide bonds. The van der Waals surface area contributed by atoms with Crippen LogP contribution in [0.25, 0.3) is 0 Å². The molecule has 148 valence electrons. The smallest absolute Gasteiger partial charge is 0.253 e. The molecule has 2 aromatic rings. The Kier molecular flexibility index (Phi) is 5.62. The van der Waals surface area contributed by atoms with E-state index in [1.54, 1.807) is 0 Å². The third kappa shape index (κ3) is 4.20. The second-order valence-electron chi connectivity index (χ2n) is 8.11. The predicted molar refractivity (Wildman–Crippen MR) is 113 cm³/mol. The van der Waals surface area contributed by atoms with Gasteiger partial charge in [0, 0.05) is 44.5 Å². The molecule has 0 spiro atoms. The molecule has 2 aliphatic rings. The lowest BCUT2D eigenvalue weighted by atomic mass is 10.1. The van der Waals surface area contributed by atoms with Crippen LogP contribution in [0.15, 0.2) is 36.5 Å². The summed E-state index contributed by atoms with van der Waals surface area (Å²) in [4.78, 5) is 24.2. The van der Waals surface area contributed by atoms with Crippen molar-refractivity contribution in [1.29, 1.82) is 0 Å². The number of pyridine rings is 1. The molecule has 1 aromatic heterocycles. The molecule has 0 atom stereocenters. The molecule has 5 nitrogen and oxygen atoms in total. The summed E-state index contributed by atoms with van der Waals surface area (Å²) < 4.78 is 0. The molecule has 0 N–H and O–H groups in total. The highest BCUT2D eigenvalue weighted by molar-refractivity contribution is 5.94. The third-order valence-electron chi connectivity index (χ3n) is 5.86. The molecule has 5 heteroatoms. The largest absolute Gasteiger partial charge is 0.353 e. The van der Waals surface area contributed by atoms with Crippen molar-refractivity contribution in [3.05, 3.63) is 58.8 Å². The van der Waals surface area contributed by atoms with Crippen LogP contribution in [0, 0.1) is 13.8 Å². The summed E-state index contributed by atoms with van der Waals surface area (Å²) in [5.41, 5.74) is 4.48. The summed E-state index contributed by atoms with van der Waals surface area (Å²) >= 11 is 0. The van der Waals surface area contributed by atoms with E-state index in [0.29, 0.717) is 0 Å². The van der Waals surface area contributed by atoms with Gasteiger partial charge < -0.3 is 9.80 Å². The van der Waals surface area contributed by atoms with E-state index in [1.165, 1.54) is 42.6 Å². The number of piperazine rings is 1. The molecular formula is C23H30N4O. The first-order valence-electron chi connectivity index (χ1n) is 10.4. The zero-order valence-electron chi connectivity index (χ0n) is 17.0. The van der Waals surface area contributed by atoms with Crippen LogP contribution in [-0.2, 0) is 6.54 Å². The Labute approximate surface area is 168 Å². The van der Waals surface area contributed by atoms with Crippen LogP contribution in [0.3, 0.4) is 0 Å². The van der Waals surface area contributed by atoms with Crippen LogP contribution in [-0.4, -0.2) is 60.0 Å². The van der Waals surface area contributed by atoms with Crippen molar-refractivity contribution in [2.75, 3.05) is 44.2 Å². The van der Waals surface area contributed by atoms with Crippen molar-refractivity contribution in [1.82, 2.24) is 14.8 Å². The fourth-order valence-electron chi connectivity index (χ4n) is 4.29. The topological polar surface area (TPSA) is 39.7 Å². The van der Waals surface area contributed by atoms with Gasteiger partial charge >= 0.3 is 0 Å². The zero-order chi connectivity index (χ0) is 19.5. The van der Waals surface area contributed by atoms with Crippen molar-refractivity contribution in [3.8, 4) is 0 Å². The predicted octanol–water partition coefficient (Wildman–Crippen LogP) is 3.26. The van der Waals surface area contributed by atoms with E-state index >= 15 is 0 Å². The Morgan fingerprint density at radius 3 is 2.29 bits per heavy atom. The van der Waals surface area contributed by atoms with Gasteiger partial charge in [0.05, 0.1) is 0 Å². The molecule has 28 heavy (non-hydrogen) atoms. The fraction of sp³-hybridized carbons (Fsp3) is 0.478. The van der Waals surface area contributed by atoms with Gasteiger partial charge in [0.2, 0.25) is 0 Å². The van der Waals surface area contributed by atoms with Crippen LogP contribution in [0.4, 0.5) is 5.82 Å². The number of aryl methyl sites for hydroxylation is 2. The van der Waals surface area contributed by atoms with Gasteiger partial charge in [0.1, 0.15) is 5.82 Å². The standard InChI is InChI=1S/C23H30N4O/c1-18-15-19(2)22(24-16-18)26-11-13-27(14-12-26)23(28)21-7-5-20(6-8-21)17-25-9-3-4-10-25/h5-8,15-16H,3-4,9-14,17H2,1-2H3. The Morgan fingerprint density at radius 1 is 0.964 bits per heavy atom. The van der Waals surface area contributed by atoms with Crippen LogP contribution in [0.2, 0.25) is 0 Å². The lowest BCUT2D eigenvalue weighted by Gasteiger charge is -2.36. The quantitative estimate of drug-likeness (QED) is 0.819. The second kappa shape index (κ2) is 8.31. The molecule has 1 aromatic carbocycles. The maximum atomic E-state index is 12.9. The van der Waals surface area contributed by atoms with E-state index in [4.69, 9.17) is 0 Å². The number of carbonyl (C=O) groups excluding carboxylic acids is 1. The summed E-state index contributed by atoms with van der Waals surface area (Å²) in [6.07, 6.45) is 4.53. The Morgan fingerprint density at radius 2 is 1.64 bits per heavy atom. The number of aromatic nitrogens is 1. The Bertz CT molecular complexity index is 819. The van der Waals surface area contributed by atoms with Gasteiger partial charge in [-0.05, 0) is 68.6 Å². The molecular weight excluding hydrogens is 348 g/mol. The van der Waals surface area contributed by atoms with Gasteiger partial charge in [-0.3, -0.25) is 9.69 Å². The van der Waals surface area contributed by atoms with Gasteiger partial charge in [0.25, 0.3) is 5.91 Å². The summed E-state index contributed by atoms with van der Waals surface area (Å²) in [5, 5.41) is 0. The first kappa shape index (κ1) is 18.9. The molecule has 2 saturated heterocycles. The molecule has 0 saturated carbocycles. The number of hydrogen-bond donors (Lipinski definition) is 0. The van der Waals surface area contributed by atoms with Crippen LogP contribution >= 0.6 is 0 Å². The normalized spacial score (nSPS) is 17.9. The van der Waals surface area contributed by atoms with Crippen molar-refractivity contribution >= 4 is 11.7 Å². The molecule has 2 fully saturated rings. The summed E-state index contributed by atoms with van der Waals surface area (Å²) in [7, 11) is 0. The monoisotopic (exact) mass is 378 g/mol. The van der Waals surface area contributed by atoms with E-state index < -0.39 is 0 Å². The number of benzene rings is 1. The summed E-state index contributed by atoms with van der Waals surface area (Å²) in [5.74, 6) is 1.19. The van der Waals surface area contributed by atoms with Crippen molar-refractivity contribution in [2.24, 2.45) is 0 Å². The average Bonchev–Trinajstić information content (AvgIpc) is 3.21. The molecule has 3 heterocycles. The van der Waals surface area contributed by atoms with Crippen LogP contribution in [0.5, 0.6) is 0 Å². The van der Waals surface area contributed by atoms with Crippen molar-refractivity contribution in [2.45, 2.75) is 33.2 Å². The van der Waals surface area contributed by atoms with Gasteiger partial charge in [0.15, 0.2) is 0 Å². The molecule has 0 aliphatic carbocycles. The molecule has 2 aliphatic heterocycles. The minimum absolute atomic E-state index is 0.140. The van der Waals surface area contributed by atoms with Crippen LogP contribution < -0.4 is 4.90 Å². The number of carbonyl (C=O) groups is 1. The summed E-state index contributed by atoms with van der Waals surface area (Å²) in [6.45, 7) is 10.7. The highest BCUT2D eigenvalue weighted by atomic mass is 16.2. The molecule has 0 unspecified atom stereocenters. The average molecular weight is 379 g/mol. The second-order valence-corrected chi connectivity index (χ2v) is 8.11. The number of nitrogens with zero attached hydrogens (tertiary/aromatic N) is 4. The number of hydrogen-bond acceptors (Lipinski definition) is 4. The van der Waals surface area contributed by atoms with Gasteiger partial charge in [-0.25, -0.2) is 4.98 Å². The number of rotatable bonds is 4. The summed E-state index contributed by atoms with van der Waals surface area (Å²) in [6, 6.07) is 10.4. The fourth-order valence-corrected chi connectivity index (χ4v) is 4.29. The van der Waals surface area contributed by atoms with Crippen molar-refractivity contribution in [3.63, 3.8) is 0 Å². The Hall–Kier alpha value is -2.40. The highest BCUT2D eigenvalue weighted by Crippen LogP contribution is 2.20. The minimum Gasteiger partial charge on any atom is -0.353 e. The minimum atomic E-state index is 0.140. The van der Waals surface area contributed by atoms with E-state index in [2.05, 4.69) is 46.8 Å². The maximum Gasteiger partial charge on any atom is 0.253 e. The first-order chi connectivity index (χ1) is 13.6. The van der Waals surface area contributed by atoms with Crippen LogP contribution in [0.1, 0.15) is 39.9 Å². The lowest BCUT2D eigenvalue weighted by molar-refractivity contribution is 0.0746. The number of likely N-dealkylation sites (tertiary alicyclic amines) is 1. The van der Waals surface area contributed by atoms with Gasteiger partial charge in [-0.2, -0.15) is 0 Å². The highest BCUT2D eigenvalue weighted by Gasteiger charge is 2.23. The van der Waals surface area contributed by atoms with Crippen molar-refractivity contribution < 1.29 is 4.79 Å². The van der Waals surface area contributed by atoms with E-state index in [0.717, 1.165) is 44.1 Å². The van der Waals surface area contributed by atoms with E-state index in [1.807, 2.05) is 23.2 Å². The van der Waals surface area contributed by atoms with E-state index in [-0.39, 0.29) is 5.91 Å². The third-order valence-corrected chi connectivity index (χ3v) is 5.86. The lowest BCUT2D eigenvalue weighted by Crippen LogP contribution is -2.49. The maximum absolute atomic E-state index is 12.9. The molecule has 0 bridgehead atoms. The molecule has 0 radical (unpaired) electrons. The van der Waals surface area contributed by atoms with Gasteiger partial charge in [-0.15, -0.1) is 0 Å². The zero-order valence-corrected chi connectivity index (χ0v) is 17.0. The molecule has 4 rings (SSSR count). The number of anilines is 1. The SMILES string of the molecule is Cc1cnc(N2CCN(C(=O)c3ccc(CN4CCCC4)cc3)CC2)c(C)c1. The first-order valence-corrected chi connectivity index (χ1v) is 10.4. The Balaban J connectivity index is 1.34. The van der Waals surface area contributed by atoms with Gasteiger partial charge in [-0.1, -0.05) is 18.2 Å². The van der Waals surface area contributed by atoms with E-state index in [9.17, 15) is 4.79 Å².